The van der Waals surface area contributed by atoms with Crippen LogP contribution in [0.15, 0.2) is 42.5 Å². The van der Waals surface area contributed by atoms with Crippen LogP contribution < -0.4 is 10.2 Å². The average molecular weight is 415 g/mol. The summed E-state index contributed by atoms with van der Waals surface area (Å²) in [5.41, 5.74) is 3.29. The first kappa shape index (κ1) is 20.9. The van der Waals surface area contributed by atoms with Crippen LogP contribution in [0.5, 0.6) is 0 Å². The van der Waals surface area contributed by atoms with E-state index < -0.39 is 24.4 Å². The van der Waals surface area contributed by atoms with Crippen molar-refractivity contribution >= 4 is 40.8 Å². The number of nitrogens with zero attached hydrogens (tertiary/aromatic N) is 1. The summed E-state index contributed by atoms with van der Waals surface area (Å²) in [6.07, 6.45) is 0.865. The molecule has 0 radical (unpaired) electrons. The molecule has 1 aliphatic heterocycles. The fourth-order valence-electron chi connectivity index (χ4n) is 3.34. The van der Waals surface area contributed by atoms with Crippen LogP contribution in [0.4, 0.5) is 11.4 Å². The number of hydrogen-bond acceptors (Lipinski definition) is 4. The van der Waals surface area contributed by atoms with Crippen molar-refractivity contribution < 1.29 is 19.1 Å². The minimum absolute atomic E-state index is 0.0753. The summed E-state index contributed by atoms with van der Waals surface area (Å²) in [6, 6.07) is 12.8. The van der Waals surface area contributed by atoms with E-state index in [-0.39, 0.29) is 18.9 Å². The maximum atomic E-state index is 12.4. The third-order valence-electron chi connectivity index (χ3n) is 4.94. The van der Waals surface area contributed by atoms with Crippen molar-refractivity contribution in [2.45, 2.75) is 26.7 Å². The molecule has 0 spiro atoms. The molecule has 6 nitrogen and oxygen atoms in total. The second kappa shape index (κ2) is 9.09. The number of rotatable bonds is 6. The summed E-state index contributed by atoms with van der Waals surface area (Å²) in [7, 11) is 0. The molecule has 1 aliphatic rings. The van der Waals surface area contributed by atoms with Gasteiger partial charge in [-0.1, -0.05) is 42.8 Å². The average Bonchev–Trinajstić information content (AvgIpc) is 3.10. The van der Waals surface area contributed by atoms with Crippen molar-refractivity contribution in [1.82, 2.24) is 0 Å². The van der Waals surface area contributed by atoms with Crippen molar-refractivity contribution in [1.29, 1.82) is 0 Å². The van der Waals surface area contributed by atoms with Crippen LogP contribution in [0.3, 0.4) is 0 Å². The molecule has 152 valence electrons. The lowest BCUT2D eigenvalue weighted by molar-refractivity contribution is -0.151. The highest BCUT2D eigenvalue weighted by Crippen LogP contribution is 2.29. The van der Waals surface area contributed by atoms with E-state index in [0.29, 0.717) is 10.7 Å². The Kier molecular flexibility index (Phi) is 6.54. The maximum Gasteiger partial charge on any atom is 0.311 e. The Balaban J connectivity index is 1.57. The molecular formula is C22H23ClN2O4. The SMILES string of the molecule is CCc1ccccc1N1C[C@H](C(=O)OCC(=O)Nc2cc(Cl)ccc2C)CC1=O. The van der Waals surface area contributed by atoms with Crippen molar-refractivity contribution in [3.63, 3.8) is 0 Å². The van der Waals surface area contributed by atoms with Crippen LogP contribution in [-0.2, 0) is 25.5 Å². The Morgan fingerprint density at radius 1 is 1.24 bits per heavy atom. The van der Waals surface area contributed by atoms with Crippen molar-refractivity contribution in [3.8, 4) is 0 Å². The number of halogens is 1. The maximum absolute atomic E-state index is 12.4. The molecule has 0 bridgehead atoms. The number of nitrogens with one attached hydrogen (secondary N) is 1. The van der Waals surface area contributed by atoms with Crippen LogP contribution in [0.1, 0.15) is 24.5 Å². The molecule has 2 aromatic rings. The van der Waals surface area contributed by atoms with Crippen LogP contribution in [-0.4, -0.2) is 30.9 Å². The lowest BCUT2D eigenvalue weighted by Crippen LogP contribution is -2.28. The quantitative estimate of drug-likeness (QED) is 0.730. The number of benzene rings is 2. The van der Waals surface area contributed by atoms with Crippen LogP contribution >= 0.6 is 11.6 Å². The van der Waals surface area contributed by atoms with E-state index in [9.17, 15) is 14.4 Å². The number of hydrogen-bond donors (Lipinski definition) is 1. The summed E-state index contributed by atoms with van der Waals surface area (Å²) in [4.78, 5) is 38.6. The zero-order valence-electron chi connectivity index (χ0n) is 16.4. The summed E-state index contributed by atoms with van der Waals surface area (Å²) < 4.78 is 5.16. The summed E-state index contributed by atoms with van der Waals surface area (Å²) in [6.45, 7) is 3.70. The van der Waals surface area contributed by atoms with Gasteiger partial charge in [-0.05, 0) is 42.7 Å². The molecule has 2 amide bonds. The fourth-order valence-corrected chi connectivity index (χ4v) is 3.51. The molecule has 3 rings (SSSR count). The minimum atomic E-state index is -0.590. The number of carbonyl (C=O) groups is 3. The predicted octanol–water partition coefficient (Wildman–Crippen LogP) is 3.75. The van der Waals surface area contributed by atoms with E-state index in [1.54, 1.807) is 23.1 Å². The van der Waals surface area contributed by atoms with Gasteiger partial charge in [0, 0.05) is 29.4 Å². The largest absolute Gasteiger partial charge is 0.455 e. The first-order valence-corrected chi connectivity index (χ1v) is 9.87. The zero-order chi connectivity index (χ0) is 21.0. The number of esters is 1. The molecule has 0 saturated carbocycles. The normalized spacial score (nSPS) is 16.0. The van der Waals surface area contributed by atoms with E-state index >= 15 is 0 Å². The van der Waals surface area contributed by atoms with Gasteiger partial charge in [-0.3, -0.25) is 14.4 Å². The van der Waals surface area contributed by atoms with Gasteiger partial charge in [0.15, 0.2) is 6.61 Å². The Bertz CT molecular complexity index is 944. The Labute approximate surface area is 174 Å². The van der Waals surface area contributed by atoms with Gasteiger partial charge in [0.2, 0.25) is 5.91 Å². The third-order valence-corrected chi connectivity index (χ3v) is 5.18. The van der Waals surface area contributed by atoms with E-state index in [1.165, 1.54) is 0 Å². The Morgan fingerprint density at radius 3 is 2.76 bits per heavy atom. The predicted molar refractivity (Wildman–Crippen MR) is 112 cm³/mol. The number of aryl methyl sites for hydroxylation is 2. The first-order valence-electron chi connectivity index (χ1n) is 9.50. The highest BCUT2D eigenvalue weighted by Gasteiger charge is 2.37. The van der Waals surface area contributed by atoms with Gasteiger partial charge >= 0.3 is 5.97 Å². The van der Waals surface area contributed by atoms with Gasteiger partial charge in [0.1, 0.15) is 0 Å². The van der Waals surface area contributed by atoms with Gasteiger partial charge in [0.05, 0.1) is 5.92 Å². The number of amides is 2. The monoisotopic (exact) mass is 414 g/mol. The first-order chi connectivity index (χ1) is 13.9. The van der Waals surface area contributed by atoms with Crippen molar-refractivity contribution in [2.75, 3.05) is 23.4 Å². The molecule has 1 heterocycles. The molecule has 1 atom stereocenters. The second-order valence-electron chi connectivity index (χ2n) is 7.00. The number of para-hydroxylation sites is 1. The van der Waals surface area contributed by atoms with Gasteiger partial charge in [-0.15, -0.1) is 0 Å². The third kappa shape index (κ3) is 4.95. The molecule has 1 fully saturated rings. The second-order valence-corrected chi connectivity index (χ2v) is 7.44. The molecule has 0 aliphatic carbocycles. The number of carbonyl (C=O) groups excluding carboxylic acids is 3. The summed E-state index contributed by atoms with van der Waals surface area (Å²) in [5, 5.41) is 3.18. The summed E-state index contributed by atoms with van der Waals surface area (Å²) in [5.74, 6) is -1.71. The standard InChI is InChI=1S/C22H23ClN2O4/c1-3-15-6-4-5-7-19(15)25-12-16(10-21(25)27)22(28)29-13-20(26)24-18-11-17(23)9-8-14(18)2/h4-9,11,16H,3,10,12-13H2,1-2H3,(H,24,26)/t16-/m1/s1. The van der Waals surface area contributed by atoms with Gasteiger partial charge in [-0.25, -0.2) is 0 Å². The Morgan fingerprint density at radius 2 is 2.00 bits per heavy atom. The molecule has 1 N–H and O–H groups in total. The fraction of sp³-hybridized carbons (Fsp3) is 0.318. The van der Waals surface area contributed by atoms with Crippen LogP contribution in [0, 0.1) is 12.8 Å². The van der Waals surface area contributed by atoms with Crippen LogP contribution in [0.25, 0.3) is 0 Å². The number of anilines is 2. The lowest BCUT2D eigenvalue weighted by Gasteiger charge is -2.19. The van der Waals surface area contributed by atoms with Crippen molar-refractivity contribution in [3.05, 3.63) is 58.6 Å². The van der Waals surface area contributed by atoms with E-state index in [4.69, 9.17) is 16.3 Å². The molecule has 2 aromatic carbocycles. The summed E-state index contributed by atoms with van der Waals surface area (Å²) >= 11 is 5.94. The van der Waals surface area contributed by atoms with Gasteiger partial charge in [-0.2, -0.15) is 0 Å². The van der Waals surface area contributed by atoms with E-state index in [2.05, 4.69) is 5.32 Å². The van der Waals surface area contributed by atoms with E-state index in [1.807, 2.05) is 38.1 Å². The topological polar surface area (TPSA) is 75.7 Å². The Hall–Kier alpha value is -2.86. The van der Waals surface area contributed by atoms with E-state index in [0.717, 1.165) is 23.2 Å². The van der Waals surface area contributed by atoms with Gasteiger partial charge < -0.3 is 15.0 Å². The molecule has 0 unspecified atom stereocenters. The lowest BCUT2D eigenvalue weighted by atomic mass is 10.1. The van der Waals surface area contributed by atoms with Gasteiger partial charge in [0.25, 0.3) is 5.91 Å². The smallest absolute Gasteiger partial charge is 0.311 e. The highest BCUT2D eigenvalue weighted by atomic mass is 35.5. The minimum Gasteiger partial charge on any atom is -0.455 e. The number of ether oxygens (including phenoxy) is 1. The molecule has 29 heavy (non-hydrogen) atoms. The highest BCUT2D eigenvalue weighted by molar-refractivity contribution is 6.31. The molecule has 7 heteroatoms. The molecule has 0 aromatic heterocycles. The van der Waals surface area contributed by atoms with Crippen molar-refractivity contribution in [2.24, 2.45) is 5.92 Å². The van der Waals surface area contributed by atoms with Crippen LogP contribution in [0.2, 0.25) is 5.02 Å². The molecule has 1 saturated heterocycles. The molecular weight excluding hydrogens is 392 g/mol. The zero-order valence-corrected chi connectivity index (χ0v) is 17.2.